The van der Waals surface area contributed by atoms with Crippen LogP contribution in [0, 0.1) is 16.0 Å². The maximum Gasteiger partial charge on any atom is 0.343 e. The highest BCUT2D eigenvalue weighted by atomic mass is 16.6. The van der Waals surface area contributed by atoms with Gasteiger partial charge in [0.15, 0.2) is 5.75 Å². The lowest BCUT2D eigenvalue weighted by molar-refractivity contribution is -0.384. The van der Waals surface area contributed by atoms with E-state index in [1.807, 2.05) is 44.2 Å². The molecule has 0 aliphatic rings. The molecule has 0 radical (unpaired) electrons. The number of nitro benzene ring substituents is 1. The Morgan fingerprint density at radius 3 is 2.10 bits per heavy atom. The number of carbonyl (C=O) groups excluding carboxylic acids is 2. The zero-order valence-corrected chi connectivity index (χ0v) is 21.7. The normalized spacial score (nSPS) is 11.5. The van der Waals surface area contributed by atoms with Crippen LogP contribution in [0.3, 0.4) is 0 Å². The largest absolute Gasteiger partial charge is 0.421 e. The second kappa shape index (κ2) is 12.5. The molecule has 1 atom stereocenters. The lowest BCUT2D eigenvalue weighted by atomic mass is 9.99. The molecule has 1 unspecified atom stereocenters. The third-order valence-corrected chi connectivity index (χ3v) is 6.18. The number of nitro groups is 1. The van der Waals surface area contributed by atoms with Gasteiger partial charge in [-0.3, -0.25) is 14.9 Å². The zero-order valence-electron chi connectivity index (χ0n) is 21.7. The number of esters is 1. The maximum atomic E-state index is 13.9. The summed E-state index contributed by atoms with van der Waals surface area (Å²) in [6.45, 7) is 4.04. The van der Waals surface area contributed by atoms with Gasteiger partial charge in [-0.05, 0) is 41.8 Å². The summed E-state index contributed by atoms with van der Waals surface area (Å²) in [5.41, 5.74) is 1.84. The van der Waals surface area contributed by atoms with Crippen LogP contribution < -0.4 is 15.0 Å². The van der Waals surface area contributed by atoms with Crippen LogP contribution in [-0.4, -0.2) is 22.8 Å². The Bertz CT molecular complexity index is 1440. The first kappa shape index (κ1) is 27.1. The van der Waals surface area contributed by atoms with Crippen molar-refractivity contribution in [1.29, 1.82) is 0 Å². The van der Waals surface area contributed by atoms with Crippen LogP contribution in [0.5, 0.6) is 5.75 Å². The van der Waals surface area contributed by atoms with Crippen molar-refractivity contribution in [2.24, 2.45) is 5.92 Å². The highest BCUT2D eigenvalue weighted by Crippen LogP contribution is 2.33. The predicted octanol–water partition coefficient (Wildman–Crippen LogP) is 6.48. The Hall–Kier alpha value is -4.98. The molecule has 0 aliphatic heterocycles. The number of hydrogen-bond acceptors (Lipinski definition) is 6. The van der Waals surface area contributed by atoms with Crippen molar-refractivity contribution in [1.82, 2.24) is 0 Å². The SMILES string of the molecule is CC(C)C(C(=O)Nc1ccccc1OC(=O)c1ccccc1)N(Cc1ccccc1)c1ccccc1[N+](=O)[O-]. The van der Waals surface area contributed by atoms with Crippen LogP contribution in [0.25, 0.3) is 0 Å². The highest BCUT2D eigenvalue weighted by Gasteiger charge is 2.33. The van der Waals surface area contributed by atoms with E-state index < -0.39 is 16.9 Å². The van der Waals surface area contributed by atoms with Gasteiger partial charge in [-0.2, -0.15) is 0 Å². The number of nitrogens with one attached hydrogen (secondary N) is 1. The van der Waals surface area contributed by atoms with E-state index in [0.29, 0.717) is 16.9 Å². The van der Waals surface area contributed by atoms with Gasteiger partial charge in [-0.25, -0.2) is 4.79 Å². The molecule has 0 aromatic heterocycles. The average Bonchev–Trinajstić information content (AvgIpc) is 2.94. The van der Waals surface area contributed by atoms with Crippen molar-refractivity contribution in [3.8, 4) is 5.75 Å². The monoisotopic (exact) mass is 523 g/mol. The van der Waals surface area contributed by atoms with Crippen molar-refractivity contribution >= 4 is 28.9 Å². The number of hydrogen-bond donors (Lipinski definition) is 1. The molecular formula is C31H29N3O5. The Morgan fingerprint density at radius 2 is 1.44 bits per heavy atom. The van der Waals surface area contributed by atoms with Crippen LogP contribution in [0.2, 0.25) is 0 Å². The predicted molar refractivity (Wildman–Crippen MR) is 151 cm³/mol. The van der Waals surface area contributed by atoms with E-state index in [9.17, 15) is 19.7 Å². The van der Waals surface area contributed by atoms with Crippen LogP contribution in [0.4, 0.5) is 17.1 Å². The average molecular weight is 524 g/mol. The fourth-order valence-electron chi connectivity index (χ4n) is 4.38. The van der Waals surface area contributed by atoms with Crippen molar-refractivity contribution in [3.63, 3.8) is 0 Å². The van der Waals surface area contributed by atoms with Gasteiger partial charge in [0.1, 0.15) is 11.7 Å². The molecule has 4 aromatic carbocycles. The quantitative estimate of drug-likeness (QED) is 0.110. The molecule has 1 N–H and O–H groups in total. The molecular weight excluding hydrogens is 494 g/mol. The topological polar surface area (TPSA) is 102 Å². The van der Waals surface area contributed by atoms with E-state index in [2.05, 4.69) is 5.32 Å². The standard InChI is InChI=1S/C31H29N3O5/c1-22(2)29(33(21-23-13-5-3-6-14-23)26-18-10-11-19-27(26)34(37)38)30(35)32-25-17-9-12-20-28(25)39-31(36)24-15-7-4-8-16-24/h3-20,22,29H,21H2,1-2H3,(H,32,35). The molecule has 0 saturated carbocycles. The fourth-order valence-corrected chi connectivity index (χ4v) is 4.38. The van der Waals surface area contributed by atoms with E-state index in [1.54, 1.807) is 77.7 Å². The number of nitrogens with zero attached hydrogens (tertiary/aromatic N) is 2. The number of rotatable bonds is 10. The summed E-state index contributed by atoms with van der Waals surface area (Å²) in [5, 5.41) is 14.8. The molecule has 198 valence electrons. The molecule has 0 aliphatic carbocycles. The molecule has 0 saturated heterocycles. The fraction of sp³-hybridized carbons (Fsp3) is 0.161. The third kappa shape index (κ3) is 6.67. The number of anilines is 2. The summed E-state index contributed by atoms with van der Waals surface area (Å²) in [4.78, 5) is 39.8. The second-order valence-corrected chi connectivity index (χ2v) is 9.29. The molecule has 0 bridgehead atoms. The van der Waals surface area contributed by atoms with Crippen molar-refractivity contribution in [3.05, 3.63) is 130 Å². The molecule has 4 aromatic rings. The Labute approximate surface area is 227 Å². The lowest BCUT2D eigenvalue weighted by Crippen LogP contribution is -2.47. The summed E-state index contributed by atoms with van der Waals surface area (Å²) >= 11 is 0. The van der Waals surface area contributed by atoms with Gasteiger partial charge >= 0.3 is 5.97 Å². The van der Waals surface area contributed by atoms with Crippen molar-refractivity contribution in [2.45, 2.75) is 26.4 Å². The van der Waals surface area contributed by atoms with Gasteiger partial charge in [0.2, 0.25) is 5.91 Å². The summed E-state index contributed by atoms with van der Waals surface area (Å²) in [6, 6.07) is 30.3. The summed E-state index contributed by atoms with van der Waals surface area (Å²) in [5.74, 6) is -0.972. The minimum Gasteiger partial charge on any atom is -0.421 e. The molecule has 4 rings (SSSR count). The molecule has 0 heterocycles. The second-order valence-electron chi connectivity index (χ2n) is 9.29. The smallest absolute Gasteiger partial charge is 0.343 e. The molecule has 0 spiro atoms. The number of para-hydroxylation sites is 4. The van der Waals surface area contributed by atoms with Crippen molar-refractivity contribution < 1.29 is 19.2 Å². The maximum absolute atomic E-state index is 13.9. The first-order valence-electron chi connectivity index (χ1n) is 12.6. The minimum absolute atomic E-state index is 0.0935. The minimum atomic E-state index is -0.788. The Kier molecular flexibility index (Phi) is 8.68. The van der Waals surface area contributed by atoms with Crippen LogP contribution in [-0.2, 0) is 11.3 Å². The van der Waals surface area contributed by atoms with Crippen LogP contribution in [0.15, 0.2) is 109 Å². The number of ether oxygens (including phenoxy) is 1. The van der Waals surface area contributed by atoms with E-state index in [4.69, 9.17) is 4.74 Å². The molecule has 1 amide bonds. The number of amides is 1. The van der Waals surface area contributed by atoms with E-state index in [0.717, 1.165) is 5.56 Å². The number of benzene rings is 4. The van der Waals surface area contributed by atoms with Crippen molar-refractivity contribution in [2.75, 3.05) is 10.2 Å². The summed E-state index contributed by atoms with van der Waals surface area (Å²) in [7, 11) is 0. The Morgan fingerprint density at radius 1 is 0.846 bits per heavy atom. The summed E-state index contributed by atoms with van der Waals surface area (Å²) in [6.07, 6.45) is 0. The van der Waals surface area contributed by atoms with Gasteiger partial charge in [0.05, 0.1) is 16.2 Å². The van der Waals surface area contributed by atoms with Crippen LogP contribution in [0.1, 0.15) is 29.8 Å². The van der Waals surface area contributed by atoms with Gasteiger partial charge in [0, 0.05) is 12.6 Å². The number of carbonyl (C=O) groups is 2. The Balaban J connectivity index is 1.68. The van der Waals surface area contributed by atoms with Gasteiger partial charge < -0.3 is 15.0 Å². The molecule has 8 nitrogen and oxygen atoms in total. The third-order valence-electron chi connectivity index (χ3n) is 6.18. The van der Waals surface area contributed by atoms with E-state index >= 15 is 0 Å². The molecule has 0 fully saturated rings. The van der Waals surface area contributed by atoms with Gasteiger partial charge in [0.25, 0.3) is 5.69 Å². The first-order chi connectivity index (χ1) is 18.8. The molecule has 39 heavy (non-hydrogen) atoms. The highest BCUT2D eigenvalue weighted by molar-refractivity contribution is 5.99. The van der Waals surface area contributed by atoms with E-state index in [1.165, 1.54) is 6.07 Å². The summed E-state index contributed by atoms with van der Waals surface area (Å²) < 4.78 is 5.61. The first-order valence-corrected chi connectivity index (χ1v) is 12.6. The zero-order chi connectivity index (χ0) is 27.8. The lowest BCUT2D eigenvalue weighted by Gasteiger charge is -2.35. The van der Waals surface area contributed by atoms with Gasteiger partial charge in [-0.15, -0.1) is 0 Å². The van der Waals surface area contributed by atoms with Gasteiger partial charge in [-0.1, -0.05) is 86.6 Å². The van der Waals surface area contributed by atoms with E-state index in [-0.39, 0.29) is 29.8 Å². The van der Waals surface area contributed by atoms with Crippen LogP contribution >= 0.6 is 0 Å². The molecule has 8 heteroatoms.